The van der Waals surface area contributed by atoms with Crippen LogP contribution in [0.4, 0.5) is 0 Å². The van der Waals surface area contributed by atoms with E-state index in [1.807, 2.05) is 29.2 Å². The van der Waals surface area contributed by atoms with Crippen LogP contribution in [0.3, 0.4) is 0 Å². The van der Waals surface area contributed by atoms with Crippen molar-refractivity contribution < 1.29 is 14.3 Å². The zero-order chi connectivity index (χ0) is 20.6. The van der Waals surface area contributed by atoms with Gasteiger partial charge in [0.25, 0.3) is 5.91 Å². The molecule has 2 saturated heterocycles. The Balaban J connectivity index is 1.30. The van der Waals surface area contributed by atoms with E-state index in [1.165, 1.54) is 11.3 Å². The topological polar surface area (TPSA) is 56.9 Å². The van der Waals surface area contributed by atoms with E-state index >= 15 is 0 Å². The van der Waals surface area contributed by atoms with Crippen LogP contribution in [0, 0.1) is 0 Å². The molecule has 0 bridgehead atoms. The molecule has 30 heavy (non-hydrogen) atoms. The normalized spacial score (nSPS) is 20.0. The van der Waals surface area contributed by atoms with E-state index in [1.54, 1.807) is 11.3 Å². The van der Waals surface area contributed by atoms with Crippen LogP contribution in [0.2, 0.25) is 0 Å². The van der Waals surface area contributed by atoms with Crippen molar-refractivity contribution >= 4 is 28.2 Å². The van der Waals surface area contributed by atoms with Crippen LogP contribution in [-0.4, -0.2) is 47.0 Å². The molecule has 0 saturated carbocycles. The average Bonchev–Trinajstić information content (AvgIpc) is 3.44. The number of aliphatic hydroxyl groups is 1. The van der Waals surface area contributed by atoms with Crippen molar-refractivity contribution in [3.05, 3.63) is 58.0 Å². The van der Waals surface area contributed by atoms with Gasteiger partial charge in [-0.05, 0) is 67.3 Å². The number of hydrogen-bond donors (Lipinski definition) is 1. The first-order chi connectivity index (χ1) is 14.6. The van der Waals surface area contributed by atoms with E-state index in [0.29, 0.717) is 24.2 Å². The van der Waals surface area contributed by atoms with Crippen LogP contribution in [-0.2, 0) is 12.1 Å². The van der Waals surface area contributed by atoms with Gasteiger partial charge in [0.15, 0.2) is 5.76 Å². The van der Waals surface area contributed by atoms with Gasteiger partial charge in [0, 0.05) is 43.0 Å². The highest BCUT2D eigenvalue weighted by molar-refractivity contribution is 7.09. The molecule has 1 N–H and O–H groups in total. The first kappa shape index (κ1) is 19.8. The van der Waals surface area contributed by atoms with Crippen LogP contribution in [0.5, 0.6) is 0 Å². The van der Waals surface area contributed by atoms with Gasteiger partial charge in [0.05, 0.1) is 5.60 Å². The summed E-state index contributed by atoms with van der Waals surface area (Å²) >= 11 is 1.78. The van der Waals surface area contributed by atoms with Gasteiger partial charge in [0.2, 0.25) is 0 Å². The number of carbonyl (C=O) groups is 1. The Morgan fingerprint density at radius 1 is 1.07 bits per heavy atom. The Hall–Kier alpha value is -2.15. The van der Waals surface area contributed by atoms with Crippen molar-refractivity contribution in [3.63, 3.8) is 0 Å². The van der Waals surface area contributed by atoms with Crippen molar-refractivity contribution in [1.82, 2.24) is 9.80 Å². The zero-order valence-corrected chi connectivity index (χ0v) is 18.0. The van der Waals surface area contributed by atoms with Crippen molar-refractivity contribution in [3.8, 4) is 0 Å². The lowest BCUT2D eigenvalue weighted by Gasteiger charge is -2.38. The van der Waals surface area contributed by atoms with Gasteiger partial charge < -0.3 is 14.4 Å². The number of fused-ring (bicyclic) bond motifs is 1. The maximum absolute atomic E-state index is 12.8. The minimum absolute atomic E-state index is 0.0203. The van der Waals surface area contributed by atoms with E-state index in [9.17, 15) is 9.90 Å². The molecule has 6 heteroatoms. The predicted octanol–water partition coefficient (Wildman–Crippen LogP) is 4.60. The van der Waals surface area contributed by atoms with Crippen molar-refractivity contribution in [2.24, 2.45) is 0 Å². The van der Waals surface area contributed by atoms with Crippen LogP contribution in [0.15, 0.2) is 46.2 Å². The summed E-state index contributed by atoms with van der Waals surface area (Å²) in [7, 11) is 0. The summed E-state index contributed by atoms with van der Waals surface area (Å²) in [5.41, 5.74) is 0.801. The maximum Gasteiger partial charge on any atom is 0.289 e. The molecule has 4 heterocycles. The third-order valence-corrected chi connectivity index (χ3v) is 7.41. The lowest BCUT2D eigenvalue weighted by Crippen LogP contribution is -2.42. The Morgan fingerprint density at radius 2 is 1.87 bits per heavy atom. The monoisotopic (exact) mass is 424 g/mol. The second-order valence-electron chi connectivity index (χ2n) is 8.60. The fraction of sp³-hybridized carbons (Fsp3) is 0.458. The molecule has 2 aliphatic rings. The summed E-state index contributed by atoms with van der Waals surface area (Å²) in [4.78, 5) is 18.4. The van der Waals surface area contributed by atoms with Crippen LogP contribution in [0.1, 0.15) is 53.1 Å². The molecule has 0 unspecified atom stereocenters. The van der Waals surface area contributed by atoms with E-state index in [0.717, 1.165) is 56.5 Å². The molecule has 2 aliphatic heterocycles. The molecule has 5 rings (SSSR count). The van der Waals surface area contributed by atoms with E-state index in [4.69, 9.17) is 4.42 Å². The van der Waals surface area contributed by atoms with Gasteiger partial charge in [-0.1, -0.05) is 12.1 Å². The number of carbonyl (C=O) groups excluding carboxylic acids is 1. The Labute approximate surface area is 180 Å². The summed E-state index contributed by atoms with van der Waals surface area (Å²) in [6.45, 7) is 4.31. The summed E-state index contributed by atoms with van der Waals surface area (Å²) in [6.07, 6.45) is 4.73. The predicted molar refractivity (Wildman–Crippen MR) is 119 cm³/mol. The van der Waals surface area contributed by atoms with Crippen LogP contribution in [0.25, 0.3) is 11.0 Å². The SMILES string of the molecule is O=C(c1cc2cc(C3(O)CCN(Cc4cccs4)CC3)ccc2o1)N1CCCCC1. The molecular weight excluding hydrogens is 396 g/mol. The highest BCUT2D eigenvalue weighted by Gasteiger charge is 2.34. The summed E-state index contributed by atoms with van der Waals surface area (Å²) in [6, 6.07) is 11.9. The summed E-state index contributed by atoms with van der Waals surface area (Å²) in [5.74, 6) is 0.384. The molecule has 2 aromatic heterocycles. The number of piperidine rings is 2. The number of hydrogen-bond acceptors (Lipinski definition) is 5. The molecule has 0 radical (unpaired) electrons. The Kier molecular flexibility index (Phi) is 5.39. The fourth-order valence-electron chi connectivity index (χ4n) is 4.68. The van der Waals surface area contributed by atoms with Crippen molar-refractivity contribution in [1.29, 1.82) is 0 Å². The molecule has 1 amide bonds. The van der Waals surface area contributed by atoms with Gasteiger partial charge in [-0.2, -0.15) is 0 Å². The standard InChI is InChI=1S/C24H28N2O3S/c27-23(26-10-2-1-3-11-26)22-16-18-15-19(6-7-21(18)29-22)24(28)8-12-25(13-9-24)17-20-5-4-14-30-20/h4-7,14-16,28H,1-3,8-13,17H2. The van der Waals surface area contributed by atoms with E-state index in [-0.39, 0.29) is 5.91 Å². The summed E-state index contributed by atoms with van der Waals surface area (Å²) in [5, 5.41) is 14.3. The smallest absolute Gasteiger partial charge is 0.289 e. The first-order valence-electron chi connectivity index (χ1n) is 10.9. The van der Waals surface area contributed by atoms with Gasteiger partial charge in [-0.3, -0.25) is 9.69 Å². The molecule has 2 fully saturated rings. The largest absolute Gasteiger partial charge is 0.451 e. The second kappa shape index (κ2) is 8.17. The van der Waals surface area contributed by atoms with Gasteiger partial charge in [0.1, 0.15) is 5.58 Å². The van der Waals surface area contributed by atoms with Crippen molar-refractivity contribution in [2.75, 3.05) is 26.2 Å². The lowest BCUT2D eigenvalue weighted by atomic mass is 9.84. The molecule has 158 valence electrons. The minimum Gasteiger partial charge on any atom is -0.451 e. The number of furan rings is 1. The van der Waals surface area contributed by atoms with Crippen molar-refractivity contribution in [2.45, 2.75) is 44.2 Å². The maximum atomic E-state index is 12.8. The lowest BCUT2D eigenvalue weighted by molar-refractivity contribution is -0.0274. The number of nitrogens with zero attached hydrogens (tertiary/aromatic N) is 2. The Morgan fingerprint density at radius 3 is 2.60 bits per heavy atom. The quantitative estimate of drug-likeness (QED) is 0.665. The first-order valence-corrected chi connectivity index (χ1v) is 11.8. The molecule has 5 nitrogen and oxygen atoms in total. The molecule has 3 aromatic rings. The van der Waals surface area contributed by atoms with Crippen LogP contribution < -0.4 is 0 Å². The van der Waals surface area contributed by atoms with Gasteiger partial charge in [-0.15, -0.1) is 11.3 Å². The Bertz CT molecular complexity index is 1010. The van der Waals surface area contributed by atoms with Crippen LogP contribution >= 0.6 is 11.3 Å². The third-order valence-electron chi connectivity index (χ3n) is 6.55. The number of rotatable bonds is 4. The highest BCUT2D eigenvalue weighted by atomic mass is 32.1. The molecule has 0 spiro atoms. The van der Waals surface area contributed by atoms with E-state index in [2.05, 4.69) is 22.4 Å². The number of amides is 1. The number of likely N-dealkylation sites (tertiary alicyclic amines) is 2. The molecule has 0 aliphatic carbocycles. The molecule has 0 atom stereocenters. The second-order valence-corrected chi connectivity index (χ2v) is 9.64. The highest BCUT2D eigenvalue weighted by Crippen LogP contribution is 2.35. The van der Waals surface area contributed by atoms with E-state index < -0.39 is 5.60 Å². The fourth-order valence-corrected chi connectivity index (χ4v) is 5.43. The minimum atomic E-state index is -0.825. The molecule has 1 aromatic carbocycles. The third kappa shape index (κ3) is 3.92. The zero-order valence-electron chi connectivity index (χ0n) is 17.2. The number of thiophene rings is 1. The summed E-state index contributed by atoms with van der Waals surface area (Å²) < 4.78 is 5.85. The molecular formula is C24H28N2O3S. The average molecular weight is 425 g/mol. The van der Waals surface area contributed by atoms with Gasteiger partial charge in [-0.25, -0.2) is 0 Å². The van der Waals surface area contributed by atoms with Gasteiger partial charge >= 0.3 is 0 Å². The number of benzene rings is 1.